The molecular weight excluding hydrogens is 236 g/mol. The normalized spacial score (nSPS) is 14.2. The zero-order valence-electron chi connectivity index (χ0n) is 9.57. The van der Waals surface area contributed by atoms with Crippen LogP contribution in [0.4, 0.5) is 5.82 Å². The van der Waals surface area contributed by atoms with Gasteiger partial charge in [-0.25, -0.2) is 4.68 Å². The molecule has 0 spiro atoms. The summed E-state index contributed by atoms with van der Waals surface area (Å²) in [6, 6.07) is 2.00. The fourth-order valence-corrected chi connectivity index (χ4v) is 2.33. The first-order valence-electron chi connectivity index (χ1n) is 5.68. The van der Waals surface area contributed by atoms with Crippen molar-refractivity contribution in [3.8, 4) is 11.1 Å². The maximum atomic E-state index is 6.20. The zero-order chi connectivity index (χ0) is 11.8. The van der Waals surface area contributed by atoms with Gasteiger partial charge in [0.2, 0.25) is 0 Å². The number of pyridine rings is 1. The third-order valence-electron chi connectivity index (χ3n) is 2.96. The van der Waals surface area contributed by atoms with Crippen LogP contribution in [0.1, 0.15) is 12.1 Å². The number of aryl methyl sites for hydroxylation is 2. The fourth-order valence-electron chi connectivity index (χ4n) is 2.12. The van der Waals surface area contributed by atoms with Crippen molar-refractivity contribution < 1.29 is 0 Å². The SMILES string of the molecule is Cc1cc(-c2cnn3c2NCCC3)c(Cl)cn1. The van der Waals surface area contributed by atoms with Crippen molar-refractivity contribution in [2.75, 3.05) is 11.9 Å². The monoisotopic (exact) mass is 248 g/mol. The Bertz CT molecular complexity index is 562. The summed E-state index contributed by atoms with van der Waals surface area (Å²) < 4.78 is 1.99. The molecule has 0 saturated heterocycles. The second kappa shape index (κ2) is 4.04. The van der Waals surface area contributed by atoms with Gasteiger partial charge in [0.15, 0.2) is 0 Å². The second-order valence-corrected chi connectivity index (χ2v) is 4.62. The van der Waals surface area contributed by atoms with E-state index >= 15 is 0 Å². The summed E-state index contributed by atoms with van der Waals surface area (Å²) in [7, 11) is 0. The predicted octanol–water partition coefficient (Wildman–Crippen LogP) is 2.72. The molecule has 0 aromatic carbocycles. The Morgan fingerprint density at radius 1 is 1.35 bits per heavy atom. The molecule has 1 N–H and O–H groups in total. The van der Waals surface area contributed by atoms with Crippen LogP contribution in [0, 0.1) is 6.92 Å². The summed E-state index contributed by atoms with van der Waals surface area (Å²) in [5, 5.41) is 8.42. The molecule has 4 nitrogen and oxygen atoms in total. The highest BCUT2D eigenvalue weighted by Crippen LogP contribution is 2.34. The molecule has 1 aliphatic rings. The minimum Gasteiger partial charge on any atom is -0.370 e. The summed E-state index contributed by atoms with van der Waals surface area (Å²) in [5.74, 6) is 1.06. The summed E-state index contributed by atoms with van der Waals surface area (Å²) in [6.45, 7) is 3.91. The molecule has 0 aliphatic carbocycles. The molecular formula is C12H13ClN4. The van der Waals surface area contributed by atoms with E-state index in [0.717, 1.165) is 42.1 Å². The van der Waals surface area contributed by atoms with E-state index in [-0.39, 0.29) is 0 Å². The second-order valence-electron chi connectivity index (χ2n) is 4.22. The van der Waals surface area contributed by atoms with Crippen molar-refractivity contribution in [2.45, 2.75) is 19.9 Å². The molecule has 0 fully saturated rings. The molecule has 17 heavy (non-hydrogen) atoms. The standard InChI is InChI=1S/C12H13ClN4/c1-8-5-9(11(13)7-15-8)10-6-16-17-4-2-3-14-12(10)17/h5-7,14H,2-4H2,1H3. The van der Waals surface area contributed by atoms with Gasteiger partial charge in [-0.2, -0.15) is 5.10 Å². The van der Waals surface area contributed by atoms with Crippen LogP contribution < -0.4 is 5.32 Å². The topological polar surface area (TPSA) is 42.7 Å². The molecule has 2 aromatic heterocycles. The number of rotatable bonds is 1. The summed E-state index contributed by atoms with van der Waals surface area (Å²) in [5.41, 5.74) is 3.01. The Balaban J connectivity index is 2.15. The Hall–Kier alpha value is -1.55. The number of nitrogens with zero attached hydrogens (tertiary/aromatic N) is 3. The number of nitrogens with one attached hydrogen (secondary N) is 1. The molecule has 3 rings (SSSR count). The van der Waals surface area contributed by atoms with E-state index in [4.69, 9.17) is 11.6 Å². The molecule has 2 aromatic rings. The van der Waals surface area contributed by atoms with Gasteiger partial charge in [0.25, 0.3) is 0 Å². The summed E-state index contributed by atoms with van der Waals surface area (Å²) >= 11 is 6.20. The van der Waals surface area contributed by atoms with E-state index in [2.05, 4.69) is 15.4 Å². The molecule has 0 bridgehead atoms. The number of hydrogen-bond donors (Lipinski definition) is 1. The lowest BCUT2D eigenvalue weighted by molar-refractivity contribution is 0.568. The van der Waals surface area contributed by atoms with E-state index in [1.807, 2.05) is 23.9 Å². The van der Waals surface area contributed by atoms with E-state index in [1.165, 1.54) is 0 Å². The van der Waals surface area contributed by atoms with Crippen LogP contribution in [0.5, 0.6) is 0 Å². The smallest absolute Gasteiger partial charge is 0.132 e. The number of hydrogen-bond acceptors (Lipinski definition) is 3. The fraction of sp³-hybridized carbons (Fsp3) is 0.333. The summed E-state index contributed by atoms with van der Waals surface area (Å²) in [6.07, 6.45) is 4.67. The molecule has 5 heteroatoms. The third-order valence-corrected chi connectivity index (χ3v) is 3.26. The van der Waals surface area contributed by atoms with Crippen molar-refractivity contribution in [3.05, 3.63) is 29.2 Å². The number of anilines is 1. The highest BCUT2D eigenvalue weighted by molar-refractivity contribution is 6.33. The lowest BCUT2D eigenvalue weighted by Crippen LogP contribution is -2.17. The number of halogens is 1. The minimum absolute atomic E-state index is 0.666. The Morgan fingerprint density at radius 2 is 2.24 bits per heavy atom. The van der Waals surface area contributed by atoms with Crippen molar-refractivity contribution in [1.82, 2.24) is 14.8 Å². The minimum atomic E-state index is 0.666. The van der Waals surface area contributed by atoms with Gasteiger partial charge in [-0.3, -0.25) is 4.98 Å². The van der Waals surface area contributed by atoms with Crippen LogP contribution >= 0.6 is 11.6 Å². The van der Waals surface area contributed by atoms with E-state index in [1.54, 1.807) is 6.20 Å². The largest absolute Gasteiger partial charge is 0.370 e. The summed E-state index contributed by atoms with van der Waals surface area (Å²) in [4.78, 5) is 4.18. The van der Waals surface area contributed by atoms with Crippen molar-refractivity contribution in [3.63, 3.8) is 0 Å². The maximum absolute atomic E-state index is 6.20. The van der Waals surface area contributed by atoms with Crippen LogP contribution in [-0.2, 0) is 6.54 Å². The first kappa shape index (κ1) is 10.6. The van der Waals surface area contributed by atoms with Gasteiger partial charge in [0.05, 0.1) is 11.2 Å². The van der Waals surface area contributed by atoms with Crippen LogP contribution in [-0.4, -0.2) is 21.3 Å². The Labute approximate surface area is 105 Å². The van der Waals surface area contributed by atoms with Crippen LogP contribution in [0.15, 0.2) is 18.5 Å². The molecule has 0 unspecified atom stereocenters. The van der Waals surface area contributed by atoms with E-state index in [9.17, 15) is 0 Å². The number of aromatic nitrogens is 3. The Morgan fingerprint density at radius 3 is 3.12 bits per heavy atom. The van der Waals surface area contributed by atoms with Gasteiger partial charge < -0.3 is 5.32 Å². The average molecular weight is 249 g/mol. The predicted molar refractivity (Wildman–Crippen MR) is 68.3 cm³/mol. The highest BCUT2D eigenvalue weighted by Gasteiger charge is 2.17. The molecule has 0 saturated carbocycles. The highest BCUT2D eigenvalue weighted by atomic mass is 35.5. The van der Waals surface area contributed by atoms with Gasteiger partial charge in [0, 0.05) is 36.1 Å². The molecule has 0 radical (unpaired) electrons. The quantitative estimate of drug-likeness (QED) is 0.844. The molecule has 3 heterocycles. The van der Waals surface area contributed by atoms with Gasteiger partial charge in [0.1, 0.15) is 5.82 Å². The molecule has 0 amide bonds. The van der Waals surface area contributed by atoms with Crippen LogP contribution in [0.2, 0.25) is 5.02 Å². The number of fused-ring (bicyclic) bond motifs is 1. The van der Waals surface area contributed by atoms with Crippen LogP contribution in [0.25, 0.3) is 11.1 Å². The van der Waals surface area contributed by atoms with Gasteiger partial charge in [-0.05, 0) is 19.4 Å². The van der Waals surface area contributed by atoms with Crippen molar-refractivity contribution in [2.24, 2.45) is 0 Å². The first-order chi connectivity index (χ1) is 8.25. The lowest BCUT2D eigenvalue weighted by atomic mass is 10.1. The Kier molecular flexibility index (Phi) is 2.52. The molecule has 1 aliphatic heterocycles. The first-order valence-corrected chi connectivity index (χ1v) is 6.06. The van der Waals surface area contributed by atoms with Gasteiger partial charge >= 0.3 is 0 Å². The third kappa shape index (κ3) is 1.78. The van der Waals surface area contributed by atoms with Crippen molar-refractivity contribution in [1.29, 1.82) is 0 Å². The van der Waals surface area contributed by atoms with Gasteiger partial charge in [-0.1, -0.05) is 11.6 Å². The van der Waals surface area contributed by atoms with Crippen molar-refractivity contribution >= 4 is 17.4 Å². The molecule has 88 valence electrons. The molecule has 0 atom stereocenters. The van der Waals surface area contributed by atoms with E-state index in [0.29, 0.717) is 5.02 Å². The maximum Gasteiger partial charge on any atom is 0.132 e. The van der Waals surface area contributed by atoms with E-state index < -0.39 is 0 Å². The average Bonchev–Trinajstić information content (AvgIpc) is 2.76. The van der Waals surface area contributed by atoms with Gasteiger partial charge in [-0.15, -0.1) is 0 Å². The zero-order valence-corrected chi connectivity index (χ0v) is 10.3. The van der Waals surface area contributed by atoms with Crippen LogP contribution in [0.3, 0.4) is 0 Å². The lowest BCUT2D eigenvalue weighted by Gasteiger charge is -2.17.